The molecule has 2 aromatic rings. The van der Waals surface area contributed by atoms with Gasteiger partial charge in [0.2, 0.25) is 5.95 Å². The molecule has 6 heteroatoms. The Kier molecular flexibility index (Phi) is 3.68. The summed E-state index contributed by atoms with van der Waals surface area (Å²) in [6.45, 7) is 0. The highest BCUT2D eigenvalue weighted by atomic mass is 16.5. The molecule has 0 saturated heterocycles. The van der Waals surface area contributed by atoms with Gasteiger partial charge in [0.25, 0.3) is 5.91 Å². The topological polar surface area (TPSA) is 76.1 Å². The van der Waals surface area contributed by atoms with E-state index in [4.69, 9.17) is 4.74 Å². The molecule has 1 aliphatic rings. The standard InChI is InChI=1S/C15H16N4O2/c1-21-13-4-2-3-12(7-13)19-15-16-8-10(9-17-15)14(20)18-11-5-6-11/h2-4,7-9,11H,5-6H2,1H3,(H,18,20)(H,16,17,19). The summed E-state index contributed by atoms with van der Waals surface area (Å²) < 4.78 is 5.15. The molecule has 0 aliphatic heterocycles. The molecule has 21 heavy (non-hydrogen) atoms. The summed E-state index contributed by atoms with van der Waals surface area (Å²) >= 11 is 0. The summed E-state index contributed by atoms with van der Waals surface area (Å²) in [5, 5.41) is 5.96. The summed E-state index contributed by atoms with van der Waals surface area (Å²) in [6, 6.07) is 7.79. The lowest BCUT2D eigenvalue weighted by Crippen LogP contribution is -2.25. The monoisotopic (exact) mass is 284 g/mol. The number of methoxy groups -OCH3 is 1. The minimum Gasteiger partial charge on any atom is -0.497 e. The number of amides is 1. The molecule has 6 nitrogen and oxygen atoms in total. The van der Waals surface area contributed by atoms with Crippen LogP contribution in [-0.2, 0) is 0 Å². The maximum Gasteiger partial charge on any atom is 0.254 e. The number of hydrogen-bond acceptors (Lipinski definition) is 5. The van der Waals surface area contributed by atoms with E-state index >= 15 is 0 Å². The van der Waals surface area contributed by atoms with Crippen LogP contribution in [0.15, 0.2) is 36.7 Å². The zero-order valence-electron chi connectivity index (χ0n) is 11.7. The predicted molar refractivity (Wildman–Crippen MR) is 78.8 cm³/mol. The summed E-state index contributed by atoms with van der Waals surface area (Å²) in [7, 11) is 1.61. The Hall–Kier alpha value is -2.63. The molecule has 3 rings (SSSR count). The second kappa shape index (κ2) is 5.78. The van der Waals surface area contributed by atoms with Crippen molar-refractivity contribution in [1.29, 1.82) is 0 Å². The molecule has 0 atom stereocenters. The Morgan fingerprint density at radius 2 is 2.05 bits per heavy atom. The first-order chi connectivity index (χ1) is 10.2. The van der Waals surface area contributed by atoms with E-state index < -0.39 is 0 Å². The molecule has 0 unspecified atom stereocenters. The molecule has 1 aliphatic carbocycles. The van der Waals surface area contributed by atoms with Crippen LogP contribution in [0.4, 0.5) is 11.6 Å². The van der Waals surface area contributed by atoms with Gasteiger partial charge in [-0.1, -0.05) is 6.07 Å². The SMILES string of the molecule is COc1cccc(Nc2ncc(C(=O)NC3CC3)cn2)c1. The molecule has 1 aromatic carbocycles. The van der Waals surface area contributed by atoms with Crippen LogP contribution in [0.5, 0.6) is 5.75 Å². The third-order valence-electron chi connectivity index (χ3n) is 3.15. The summed E-state index contributed by atoms with van der Waals surface area (Å²) in [4.78, 5) is 20.1. The predicted octanol–water partition coefficient (Wildman–Crippen LogP) is 2.12. The Morgan fingerprint density at radius 3 is 2.71 bits per heavy atom. The number of aromatic nitrogens is 2. The van der Waals surface area contributed by atoms with Gasteiger partial charge < -0.3 is 15.4 Å². The number of carbonyl (C=O) groups is 1. The normalized spacial score (nSPS) is 13.6. The first-order valence-corrected chi connectivity index (χ1v) is 6.78. The minimum atomic E-state index is -0.120. The first kappa shape index (κ1) is 13.4. The van der Waals surface area contributed by atoms with E-state index in [1.807, 2.05) is 24.3 Å². The third-order valence-corrected chi connectivity index (χ3v) is 3.15. The molecule has 1 amide bonds. The number of hydrogen-bond donors (Lipinski definition) is 2. The zero-order valence-corrected chi connectivity index (χ0v) is 11.7. The summed E-state index contributed by atoms with van der Waals surface area (Å²) in [5.41, 5.74) is 1.29. The van der Waals surface area contributed by atoms with Gasteiger partial charge in [-0.15, -0.1) is 0 Å². The molecule has 0 bridgehead atoms. The largest absolute Gasteiger partial charge is 0.497 e. The maximum atomic E-state index is 11.8. The lowest BCUT2D eigenvalue weighted by Gasteiger charge is -2.07. The van der Waals surface area contributed by atoms with Crippen molar-refractivity contribution >= 4 is 17.5 Å². The molecule has 1 fully saturated rings. The van der Waals surface area contributed by atoms with E-state index in [9.17, 15) is 4.79 Å². The number of nitrogens with zero attached hydrogens (tertiary/aromatic N) is 2. The minimum absolute atomic E-state index is 0.120. The highest BCUT2D eigenvalue weighted by Gasteiger charge is 2.23. The number of benzene rings is 1. The molecule has 0 spiro atoms. The molecule has 1 saturated carbocycles. The number of rotatable bonds is 5. The average Bonchev–Trinajstić information content (AvgIpc) is 3.32. The van der Waals surface area contributed by atoms with E-state index in [2.05, 4.69) is 20.6 Å². The Labute approximate surface area is 122 Å². The van der Waals surface area contributed by atoms with E-state index in [1.54, 1.807) is 7.11 Å². The number of nitrogens with one attached hydrogen (secondary N) is 2. The second-order valence-electron chi connectivity index (χ2n) is 4.90. The third kappa shape index (κ3) is 3.47. The van der Waals surface area contributed by atoms with Gasteiger partial charge in [0.05, 0.1) is 12.7 Å². The first-order valence-electron chi connectivity index (χ1n) is 6.78. The van der Waals surface area contributed by atoms with E-state index in [-0.39, 0.29) is 5.91 Å². The fourth-order valence-corrected chi connectivity index (χ4v) is 1.84. The zero-order chi connectivity index (χ0) is 14.7. The Morgan fingerprint density at radius 1 is 1.29 bits per heavy atom. The highest BCUT2D eigenvalue weighted by molar-refractivity contribution is 5.94. The fourth-order valence-electron chi connectivity index (χ4n) is 1.84. The van der Waals surface area contributed by atoms with Crippen LogP contribution in [0, 0.1) is 0 Å². The molecule has 1 heterocycles. The van der Waals surface area contributed by atoms with Gasteiger partial charge in [-0.3, -0.25) is 4.79 Å². The number of anilines is 2. The van der Waals surface area contributed by atoms with Crippen molar-refractivity contribution in [2.24, 2.45) is 0 Å². The lowest BCUT2D eigenvalue weighted by atomic mass is 10.3. The molecular weight excluding hydrogens is 268 g/mol. The van der Waals surface area contributed by atoms with Crippen LogP contribution >= 0.6 is 0 Å². The second-order valence-corrected chi connectivity index (χ2v) is 4.90. The van der Waals surface area contributed by atoms with Gasteiger partial charge >= 0.3 is 0 Å². The van der Waals surface area contributed by atoms with Gasteiger partial charge in [-0.25, -0.2) is 9.97 Å². The highest BCUT2D eigenvalue weighted by Crippen LogP contribution is 2.20. The van der Waals surface area contributed by atoms with Crippen LogP contribution in [0.25, 0.3) is 0 Å². The van der Waals surface area contributed by atoms with Gasteiger partial charge in [0, 0.05) is 30.2 Å². The van der Waals surface area contributed by atoms with Crippen molar-refractivity contribution in [2.75, 3.05) is 12.4 Å². The Balaban J connectivity index is 1.67. The molecule has 0 radical (unpaired) electrons. The Bertz CT molecular complexity index is 638. The molecule has 1 aromatic heterocycles. The van der Waals surface area contributed by atoms with Crippen LogP contribution in [-0.4, -0.2) is 29.0 Å². The molecule has 108 valence electrons. The van der Waals surface area contributed by atoms with Crippen molar-refractivity contribution in [1.82, 2.24) is 15.3 Å². The van der Waals surface area contributed by atoms with Crippen LogP contribution in [0.2, 0.25) is 0 Å². The lowest BCUT2D eigenvalue weighted by molar-refractivity contribution is 0.0950. The van der Waals surface area contributed by atoms with Crippen molar-refractivity contribution in [3.05, 3.63) is 42.2 Å². The summed E-state index contributed by atoms with van der Waals surface area (Å²) in [6.07, 6.45) is 5.16. The van der Waals surface area contributed by atoms with Crippen LogP contribution < -0.4 is 15.4 Å². The summed E-state index contributed by atoms with van der Waals surface area (Å²) in [5.74, 6) is 1.07. The number of carbonyl (C=O) groups excluding carboxylic acids is 1. The molecule has 2 N–H and O–H groups in total. The van der Waals surface area contributed by atoms with Crippen LogP contribution in [0.3, 0.4) is 0 Å². The van der Waals surface area contributed by atoms with Gasteiger partial charge in [-0.2, -0.15) is 0 Å². The van der Waals surface area contributed by atoms with Crippen molar-refractivity contribution in [2.45, 2.75) is 18.9 Å². The average molecular weight is 284 g/mol. The number of ether oxygens (including phenoxy) is 1. The molecular formula is C15H16N4O2. The van der Waals surface area contributed by atoms with Gasteiger partial charge in [-0.05, 0) is 25.0 Å². The fraction of sp³-hybridized carbons (Fsp3) is 0.267. The van der Waals surface area contributed by atoms with E-state index in [0.29, 0.717) is 17.6 Å². The van der Waals surface area contributed by atoms with Crippen LogP contribution in [0.1, 0.15) is 23.2 Å². The van der Waals surface area contributed by atoms with Crippen molar-refractivity contribution < 1.29 is 9.53 Å². The smallest absolute Gasteiger partial charge is 0.254 e. The maximum absolute atomic E-state index is 11.8. The van der Waals surface area contributed by atoms with Gasteiger partial charge in [0.15, 0.2) is 0 Å². The quantitative estimate of drug-likeness (QED) is 0.879. The van der Waals surface area contributed by atoms with Crippen molar-refractivity contribution in [3.8, 4) is 5.75 Å². The van der Waals surface area contributed by atoms with E-state index in [0.717, 1.165) is 24.3 Å². The van der Waals surface area contributed by atoms with Gasteiger partial charge in [0.1, 0.15) is 5.75 Å². The van der Waals surface area contributed by atoms with E-state index in [1.165, 1.54) is 12.4 Å². The van der Waals surface area contributed by atoms with Crippen molar-refractivity contribution in [3.63, 3.8) is 0 Å².